The third kappa shape index (κ3) is 6.99. The summed E-state index contributed by atoms with van der Waals surface area (Å²) in [7, 11) is -2.30. The molecule has 38 heavy (non-hydrogen) atoms. The number of carbonyl (C=O) groups excluding carboxylic acids is 1. The van der Waals surface area contributed by atoms with Crippen LogP contribution in [0.25, 0.3) is 0 Å². The van der Waals surface area contributed by atoms with E-state index in [0.29, 0.717) is 28.1 Å². The number of anilines is 1. The van der Waals surface area contributed by atoms with Gasteiger partial charge in [0, 0.05) is 30.8 Å². The number of nitrogen functional groups attached to an aromatic ring is 1. The normalized spacial score (nSPS) is 14.4. The zero-order valence-electron chi connectivity index (χ0n) is 22.3. The van der Waals surface area contributed by atoms with Crippen molar-refractivity contribution in [3.05, 3.63) is 89.5 Å². The second-order valence-electron chi connectivity index (χ2n) is 10.1. The van der Waals surface area contributed by atoms with E-state index in [9.17, 15) is 23.4 Å². The Labute approximate surface area is 225 Å². The molecule has 3 aromatic rings. The van der Waals surface area contributed by atoms with Crippen molar-refractivity contribution in [1.29, 1.82) is 0 Å². The van der Waals surface area contributed by atoms with E-state index in [1.54, 1.807) is 38.2 Å². The lowest BCUT2D eigenvalue weighted by Gasteiger charge is -2.32. The highest BCUT2D eigenvalue weighted by molar-refractivity contribution is 7.89. The highest BCUT2D eigenvalue weighted by Crippen LogP contribution is 2.21. The number of nitrogens with one attached hydrogen (secondary N) is 1. The first-order chi connectivity index (χ1) is 17.9. The summed E-state index contributed by atoms with van der Waals surface area (Å²) >= 11 is 0. The van der Waals surface area contributed by atoms with Crippen LogP contribution in [0, 0.1) is 12.8 Å². The summed E-state index contributed by atoms with van der Waals surface area (Å²) in [5.74, 6) is -0.292. The SMILES string of the molecule is Cc1c(O)cccc1C(=O)[NH+](C)[C@@H](Cc1ccccc1)[C@H](O)CN(CC(C)C)S(=O)(=O)c1cccc(N)c1. The van der Waals surface area contributed by atoms with Crippen LogP contribution in [0.3, 0.4) is 0 Å². The molecule has 0 spiro atoms. The van der Waals surface area contributed by atoms with E-state index in [2.05, 4.69) is 0 Å². The zero-order valence-corrected chi connectivity index (χ0v) is 23.2. The van der Waals surface area contributed by atoms with Crippen molar-refractivity contribution < 1.29 is 28.3 Å². The van der Waals surface area contributed by atoms with Gasteiger partial charge in [0.15, 0.2) is 0 Å². The predicted octanol–water partition coefficient (Wildman–Crippen LogP) is 2.26. The van der Waals surface area contributed by atoms with E-state index < -0.39 is 22.2 Å². The Balaban J connectivity index is 1.97. The fourth-order valence-electron chi connectivity index (χ4n) is 4.53. The number of carbonyl (C=O) groups is 1. The van der Waals surface area contributed by atoms with Gasteiger partial charge >= 0.3 is 5.91 Å². The van der Waals surface area contributed by atoms with E-state index in [0.717, 1.165) is 5.56 Å². The van der Waals surface area contributed by atoms with Gasteiger partial charge < -0.3 is 15.9 Å². The molecular weight excluding hydrogens is 502 g/mol. The van der Waals surface area contributed by atoms with Crippen LogP contribution < -0.4 is 10.6 Å². The molecule has 1 amide bonds. The number of phenols is 1. The van der Waals surface area contributed by atoms with Crippen molar-refractivity contribution >= 4 is 21.6 Å². The molecule has 5 N–H and O–H groups in total. The summed E-state index contributed by atoms with van der Waals surface area (Å²) in [4.78, 5) is 14.0. The van der Waals surface area contributed by atoms with Crippen molar-refractivity contribution in [3.63, 3.8) is 0 Å². The van der Waals surface area contributed by atoms with Crippen molar-refractivity contribution in [2.75, 3.05) is 25.9 Å². The molecule has 0 radical (unpaired) electrons. The van der Waals surface area contributed by atoms with E-state index in [1.807, 2.05) is 44.2 Å². The second-order valence-corrected chi connectivity index (χ2v) is 12.1. The molecule has 0 aromatic heterocycles. The van der Waals surface area contributed by atoms with Gasteiger partial charge in [0.25, 0.3) is 0 Å². The number of benzene rings is 3. The van der Waals surface area contributed by atoms with Crippen molar-refractivity contribution in [3.8, 4) is 5.75 Å². The Morgan fingerprint density at radius 1 is 1.00 bits per heavy atom. The quantitative estimate of drug-likeness (QED) is 0.277. The third-order valence-corrected chi connectivity index (χ3v) is 8.51. The number of quaternary nitrogens is 1. The number of aliphatic hydroxyl groups is 1. The lowest BCUT2D eigenvalue weighted by molar-refractivity contribution is -0.825. The van der Waals surface area contributed by atoms with Crippen molar-refractivity contribution in [2.45, 2.75) is 44.2 Å². The van der Waals surface area contributed by atoms with Crippen LogP contribution in [0.2, 0.25) is 0 Å². The number of hydrogen-bond acceptors (Lipinski definition) is 6. The molecule has 0 bridgehead atoms. The monoisotopic (exact) mass is 540 g/mol. The zero-order chi connectivity index (χ0) is 28.0. The number of phenolic OH excluding ortho intramolecular Hbond substituents is 1. The smallest absolute Gasteiger partial charge is 0.344 e. The van der Waals surface area contributed by atoms with Crippen LogP contribution in [0.4, 0.5) is 5.69 Å². The number of likely N-dealkylation sites (N-methyl/N-ethyl adjacent to an activating group) is 1. The first-order valence-electron chi connectivity index (χ1n) is 12.7. The van der Waals surface area contributed by atoms with Gasteiger partial charge in [0.1, 0.15) is 17.9 Å². The Bertz CT molecular complexity index is 1350. The fourth-order valence-corrected chi connectivity index (χ4v) is 6.21. The maximum atomic E-state index is 13.6. The van der Waals surface area contributed by atoms with Gasteiger partial charge in [0.2, 0.25) is 10.0 Å². The van der Waals surface area contributed by atoms with Crippen LogP contribution in [-0.2, 0) is 16.4 Å². The largest absolute Gasteiger partial charge is 0.508 e. The van der Waals surface area contributed by atoms with Crippen molar-refractivity contribution in [1.82, 2.24) is 4.31 Å². The molecule has 0 aliphatic carbocycles. The van der Waals surface area contributed by atoms with E-state index in [4.69, 9.17) is 5.73 Å². The van der Waals surface area contributed by atoms with Gasteiger partial charge in [-0.05, 0) is 48.7 Å². The molecule has 3 atom stereocenters. The average Bonchev–Trinajstić information content (AvgIpc) is 2.88. The third-order valence-electron chi connectivity index (χ3n) is 6.68. The Morgan fingerprint density at radius 2 is 1.66 bits per heavy atom. The molecule has 9 heteroatoms. The van der Waals surface area contributed by atoms with Gasteiger partial charge in [-0.2, -0.15) is 4.31 Å². The molecule has 3 rings (SSSR count). The fraction of sp³-hybridized carbons (Fsp3) is 0.345. The molecule has 1 unspecified atom stereocenters. The van der Waals surface area contributed by atoms with Gasteiger partial charge in [-0.25, -0.2) is 13.2 Å². The summed E-state index contributed by atoms with van der Waals surface area (Å²) in [5.41, 5.74) is 7.89. The summed E-state index contributed by atoms with van der Waals surface area (Å²) in [6.45, 7) is 5.46. The molecule has 0 aliphatic heterocycles. The summed E-state index contributed by atoms with van der Waals surface area (Å²) < 4.78 is 28.5. The summed E-state index contributed by atoms with van der Waals surface area (Å²) in [6, 6.07) is 19.6. The lowest BCUT2D eigenvalue weighted by Crippen LogP contribution is -3.17. The minimum absolute atomic E-state index is 0.00717. The number of hydrogen-bond donors (Lipinski definition) is 4. The molecule has 3 aromatic carbocycles. The van der Waals surface area contributed by atoms with Crippen LogP contribution >= 0.6 is 0 Å². The standard InChI is InChI=1S/C29H37N3O5S/c1-20(2)18-32(38(36,37)24-13-8-12-23(30)17-24)19-28(34)26(16-22-10-6-5-7-11-22)31(4)29(35)25-14-9-15-27(33)21(25)3/h5-15,17,20,26,28,33-34H,16,18-19,30H2,1-4H3/p+1/t26-,28+/m0/s1. The number of aromatic hydroxyl groups is 1. The average molecular weight is 541 g/mol. The number of rotatable bonds is 11. The van der Waals surface area contributed by atoms with Crippen LogP contribution in [0.5, 0.6) is 5.75 Å². The van der Waals surface area contributed by atoms with Crippen molar-refractivity contribution in [2.24, 2.45) is 5.92 Å². The first kappa shape index (κ1) is 29.3. The maximum Gasteiger partial charge on any atom is 0.344 e. The molecule has 0 aliphatic rings. The maximum absolute atomic E-state index is 13.6. The number of sulfonamides is 1. The molecule has 0 saturated carbocycles. The van der Waals surface area contributed by atoms with Crippen LogP contribution in [0.1, 0.15) is 35.3 Å². The number of amides is 1. The van der Waals surface area contributed by atoms with Crippen LogP contribution in [-0.4, -0.2) is 61.1 Å². The topological polar surface area (TPSA) is 125 Å². The molecule has 8 nitrogen and oxygen atoms in total. The van der Waals surface area contributed by atoms with Gasteiger partial charge in [0.05, 0.1) is 17.5 Å². The summed E-state index contributed by atoms with van der Waals surface area (Å²) in [5, 5.41) is 21.7. The Hall–Kier alpha value is -3.24. The Kier molecular flexibility index (Phi) is 9.67. The molecular formula is C29H38N3O5S+. The Morgan fingerprint density at radius 3 is 2.29 bits per heavy atom. The predicted molar refractivity (Wildman–Crippen MR) is 148 cm³/mol. The van der Waals surface area contributed by atoms with Crippen LogP contribution in [0.15, 0.2) is 77.7 Å². The lowest BCUT2D eigenvalue weighted by atomic mass is 9.98. The van der Waals surface area contributed by atoms with Gasteiger partial charge in [-0.3, -0.25) is 4.90 Å². The van der Waals surface area contributed by atoms with E-state index in [-0.39, 0.29) is 35.6 Å². The van der Waals surface area contributed by atoms with E-state index >= 15 is 0 Å². The highest BCUT2D eigenvalue weighted by atomic mass is 32.2. The highest BCUT2D eigenvalue weighted by Gasteiger charge is 2.37. The van der Waals surface area contributed by atoms with Gasteiger partial charge in [-0.15, -0.1) is 0 Å². The van der Waals surface area contributed by atoms with E-state index in [1.165, 1.54) is 22.5 Å². The number of nitrogens with two attached hydrogens (primary N) is 1. The summed E-state index contributed by atoms with van der Waals surface area (Å²) in [6.07, 6.45) is -0.836. The molecule has 0 heterocycles. The second kappa shape index (κ2) is 12.5. The van der Waals surface area contributed by atoms with Gasteiger partial charge in [-0.1, -0.05) is 56.3 Å². The molecule has 0 saturated heterocycles. The minimum atomic E-state index is -3.96. The molecule has 0 fully saturated rings. The molecule has 204 valence electrons. The minimum Gasteiger partial charge on any atom is -0.508 e. The number of nitrogens with zero attached hydrogens (tertiary/aromatic N) is 1. The first-order valence-corrected chi connectivity index (χ1v) is 14.1. The number of aliphatic hydroxyl groups excluding tert-OH is 1.